The molecule has 3 rings (SSSR count). The minimum Gasteiger partial charge on any atom is -0.474 e. The van der Waals surface area contributed by atoms with E-state index in [9.17, 15) is 0 Å². The maximum atomic E-state index is 5.96. The molecule has 0 aliphatic carbocycles. The van der Waals surface area contributed by atoms with Gasteiger partial charge in [0.15, 0.2) is 0 Å². The minimum atomic E-state index is -0.497. The largest absolute Gasteiger partial charge is 0.516 e. The van der Waals surface area contributed by atoms with Gasteiger partial charge in [-0.15, -0.1) is 0 Å². The van der Waals surface area contributed by atoms with E-state index in [1.54, 1.807) is 12.4 Å². The third kappa shape index (κ3) is 3.67. The quantitative estimate of drug-likeness (QED) is 0.787. The number of ether oxygens (including phenoxy) is 2. The number of rotatable bonds is 4. The van der Waals surface area contributed by atoms with Crippen molar-refractivity contribution in [2.45, 2.75) is 64.3 Å². The Morgan fingerprint density at radius 2 is 1.87 bits per heavy atom. The molecule has 0 amide bonds. The molecule has 3 heterocycles. The van der Waals surface area contributed by atoms with E-state index < -0.39 is 7.12 Å². The Morgan fingerprint density at radius 3 is 2.43 bits per heavy atom. The van der Waals surface area contributed by atoms with Crippen LogP contribution in [-0.2, 0) is 14.0 Å². The molecule has 1 aromatic heterocycles. The fourth-order valence-electron chi connectivity index (χ4n) is 2.60. The van der Waals surface area contributed by atoms with Gasteiger partial charge in [-0.05, 0) is 47.0 Å². The topological polar surface area (TPSA) is 62.7 Å². The Balaban J connectivity index is 1.57. The van der Waals surface area contributed by atoms with E-state index in [1.807, 2.05) is 27.7 Å². The van der Waals surface area contributed by atoms with Crippen molar-refractivity contribution in [2.24, 2.45) is 0 Å². The molecule has 6 nitrogen and oxygen atoms in total. The van der Waals surface area contributed by atoms with E-state index >= 15 is 0 Å². The molecule has 1 unspecified atom stereocenters. The zero-order chi connectivity index (χ0) is 16.5. The Labute approximate surface area is 138 Å². The van der Waals surface area contributed by atoms with Gasteiger partial charge in [0.2, 0.25) is 5.88 Å². The molecule has 23 heavy (non-hydrogen) atoms. The summed E-state index contributed by atoms with van der Waals surface area (Å²) in [4.78, 5) is 8.68. The Bertz CT molecular complexity index is 513. The number of hydrogen-bond donors (Lipinski definition) is 0. The van der Waals surface area contributed by atoms with Crippen molar-refractivity contribution < 1.29 is 18.8 Å². The van der Waals surface area contributed by atoms with Gasteiger partial charge in [-0.2, -0.15) is 0 Å². The van der Waals surface area contributed by atoms with Crippen LogP contribution in [0.3, 0.4) is 0 Å². The van der Waals surface area contributed by atoms with Crippen LogP contribution >= 0.6 is 0 Å². The van der Waals surface area contributed by atoms with Gasteiger partial charge in [-0.25, -0.2) is 4.98 Å². The van der Waals surface area contributed by atoms with Crippen molar-refractivity contribution in [1.29, 1.82) is 0 Å². The summed E-state index contributed by atoms with van der Waals surface area (Å²) in [6.07, 6.45) is 6.80. The van der Waals surface area contributed by atoms with E-state index in [1.165, 1.54) is 6.42 Å². The summed E-state index contributed by atoms with van der Waals surface area (Å²) < 4.78 is 23.2. The second kappa shape index (κ2) is 6.38. The molecule has 0 saturated carbocycles. The zero-order valence-electron chi connectivity index (χ0n) is 14.4. The predicted molar refractivity (Wildman–Crippen MR) is 86.8 cm³/mol. The lowest BCUT2D eigenvalue weighted by molar-refractivity contribution is -0.0120. The van der Waals surface area contributed by atoms with Crippen molar-refractivity contribution in [3.05, 3.63) is 12.4 Å². The van der Waals surface area contributed by atoms with E-state index in [4.69, 9.17) is 18.8 Å². The predicted octanol–water partition coefficient (Wildman–Crippen LogP) is 1.72. The van der Waals surface area contributed by atoms with Gasteiger partial charge in [0, 0.05) is 12.8 Å². The molecule has 126 valence electrons. The van der Waals surface area contributed by atoms with Crippen LogP contribution in [0, 0.1) is 0 Å². The molecular formula is C16H25BN2O4. The van der Waals surface area contributed by atoms with Crippen molar-refractivity contribution in [1.82, 2.24) is 9.97 Å². The molecule has 1 aromatic rings. The smallest absolute Gasteiger partial charge is 0.474 e. The second-order valence-corrected chi connectivity index (χ2v) is 7.17. The van der Waals surface area contributed by atoms with Crippen LogP contribution in [0.25, 0.3) is 0 Å². The summed E-state index contributed by atoms with van der Waals surface area (Å²) in [7, 11) is -0.497. The highest BCUT2D eigenvalue weighted by Gasteiger charge is 2.52. The van der Waals surface area contributed by atoms with Crippen LogP contribution in [-0.4, -0.2) is 47.6 Å². The first-order valence-electron chi connectivity index (χ1n) is 8.29. The van der Waals surface area contributed by atoms with Crippen molar-refractivity contribution >= 4 is 12.7 Å². The van der Waals surface area contributed by atoms with Gasteiger partial charge < -0.3 is 18.8 Å². The van der Waals surface area contributed by atoms with E-state index in [0.29, 0.717) is 18.1 Å². The first-order chi connectivity index (χ1) is 10.9. The molecule has 0 spiro atoms. The molecule has 0 bridgehead atoms. The number of hydrogen-bond acceptors (Lipinski definition) is 6. The van der Waals surface area contributed by atoms with E-state index in [2.05, 4.69) is 9.97 Å². The van der Waals surface area contributed by atoms with Crippen LogP contribution in [0.2, 0.25) is 0 Å². The standard InChI is InChI=1S/C16H25BN2O4/c1-15(2)16(3,4)23-17(22-15)13-9-19-14(10-18-13)21-11-12-7-5-6-8-20-12/h9-10,12H,5-8,11H2,1-4H3. The Kier molecular flexibility index (Phi) is 4.62. The summed E-state index contributed by atoms with van der Waals surface area (Å²) in [6.45, 7) is 9.40. The lowest BCUT2D eigenvalue weighted by Crippen LogP contribution is -2.41. The van der Waals surface area contributed by atoms with Gasteiger partial charge in [0.05, 0.1) is 29.1 Å². The molecule has 2 aliphatic heterocycles. The van der Waals surface area contributed by atoms with Crippen LogP contribution in [0.15, 0.2) is 12.4 Å². The van der Waals surface area contributed by atoms with Crippen LogP contribution in [0.1, 0.15) is 47.0 Å². The first-order valence-corrected chi connectivity index (χ1v) is 8.29. The summed E-state index contributed by atoms with van der Waals surface area (Å²) >= 11 is 0. The van der Waals surface area contributed by atoms with Gasteiger partial charge in [0.25, 0.3) is 0 Å². The van der Waals surface area contributed by atoms with Crippen molar-refractivity contribution in [2.75, 3.05) is 13.2 Å². The Morgan fingerprint density at radius 1 is 1.13 bits per heavy atom. The minimum absolute atomic E-state index is 0.160. The molecule has 7 heteroatoms. The molecule has 1 atom stereocenters. The first kappa shape index (κ1) is 16.7. The number of aromatic nitrogens is 2. The maximum Gasteiger partial charge on any atom is 0.516 e. The fraction of sp³-hybridized carbons (Fsp3) is 0.750. The molecule has 2 aliphatic rings. The molecular weight excluding hydrogens is 295 g/mol. The molecule has 0 radical (unpaired) electrons. The van der Waals surface area contributed by atoms with Gasteiger partial charge in [-0.3, -0.25) is 4.98 Å². The number of nitrogens with zero attached hydrogens (tertiary/aromatic N) is 2. The van der Waals surface area contributed by atoms with Gasteiger partial charge in [-0.1, -0.05) is 0 Å². The Hall–Kier alpha value is -1.18. The lowest BCUT2D eigenvalue weighted by Gasteiger charge is -2.32. The molecule has 0 N–H and O–H groups in total. The highest BCUT2D eigenvalue weighted by molar-refractivity contribution is 6.61. The summed E-state index contributed by atoms with van der Waals surface area (Å²) in [6, 6.07) is 0. The second-order valence-electron chi connectivity index (χ2n) is 7.17. The lowest BCUT2D eigenvalue weighted by atomic mass is 9.85. The van der Waals surface area contributed by atoms with Crippen LogP contribution in [0.4, 0.5) is 0 Å². The fourth-order valence-corrected chi connectivity index (χ4v) is 2.60. The SMILES string of the molecule is CC1(C)OB(c2cnc(OCC3CCCCO3)cn2)OC1(C)C. The zero-order valence-corrected chi connectivity index (χ0v) is 14.4. The van der Waals surface area contributed by atoms with Gasteiger partial charge >= 0.3 is 7.12 Å². The van der Waals surface area contributed by atoms with Crippen LogP contribution < -0.4 is 10.3 Å². The van der Waals surface area contributed by atoms with Gasteiger partial charge in [0.1, 0.15) is 6.61 Å². The average molecular weight is 320 g/mol. The average Bonchev–Trinajstić information content (AvgIpc) is 2.75. The summed E-state index contributed by atoms with van der Waals surface area (Å²) in [5.74, 6) is 0.499. The normalized spacial score (nSPS) is 26.3. The molecule has 0 aromatic carbocycles. The summed E-state index contributed by atoms with van der Waals surface area (Å²) in [5.41, 5.74) is -0.107. The van der Waals surface area contributed by atoms with Crippen molar-refractivity contribution in [3.63, 3.8) is 0 Å². The third-order valence-corrected chi connectivity index (χ3v) is 4.83. The molecule has 2 saturated heterocycles. The highest BCUT2D eigenvalue weighted by atomic mass is 16.7. The van der Waals surface area contributed by atoms with E-state index in [0.717, 1.165) is 19.4 Å². The monoisotopic (exact) mass is 320 g/mol. The summed E-state index contributed by atoms with van der Waals surface area (Å²) in [5, 5.41) is 0. The molecule has 2 fully saturated rings. The van der Waals surface area contributed by atoms with Crippen LogP contribution in [0.5, 0.6) is 5.88 Å². The van der Waals surface area contributed by atoms with E-state index in [-0.39, 0.29) is 17.3 Å². The van der Waals surface area contributed by atoms with Crippen molar-refractivity contribution in [3.8, 4) is 5.88 Å². The highest BCUT2D eigenvalue weighted by Crippen LogP contribution is 2.36. The maximum absolute atomic E-state index is 5.96. The third-order valence-electron chi connectivity index (χ3n) is 4.83.